The summed E-state index contributed by atoms with van der Waals surface area (Å²) >= 11 is 0. The van der Waals surface area contributed by atoms with Gasteiger partial charge in [0.2, 0.25) is 0 Å². The van der Waals surface area contributed by atoms with Gasteiger partial charge in [0, 0.05) is 63.5 Å². The zero-order valence-corrected chi connectivity index (χ0v) is 20.5. The van der Waals surface area contributed by atoms with Gasteiger partial charge in [-0.25, -0.2) is 9.97 Å². The largest absolute Gasteiger partial charge is 0.505 e. The number of aromatic nitrogens is 2. The second-order valence-electron chi connectivity index (χ2n) is 9.30. The van der Waals surface area contributed by atoms with E-state index >= 15 is 0 Å². The number of para-hydroxylation sites is 1. The van der Waals surface area contributed by atoms with Gasteiger partial charge in [-0.3, -0.25) is 4.79 Å². The summed E-state index contributed by atoms with van der Waals surface area (Å²) in [4.78, 5) is 29.0. The monoisotopic (exact) mass is 467 g/mol. The van der Waals surface area contributed by atoms with E-state index < -0.39 is 0 Å². The number of rotatable bonds is 4. The standard InChI is InChI=1S/C28H29N5O2/c1-31(2)20-12-9-18(10-13-20)27-29-23-8-6-5-7-22(23)25(30-27)28(35)33-16-15-21-19(17-33)11-14-24(26(21)34)32(3)4/h5-14,34H,15-17H2,1-4H3. The maximum absolute atomic E-state index is 13.8. The van der Waals surface area contributed by atoms with E-state index in [4.69, 9.17) is 9.97 Å². The smallest absolute Gasteiger partial charge is 0.273 e. The van der Waals surface area contributed by atoms with Crippen molar-refractivity contribution in [1.82, 2.24) is 14.9 Å². The maximum Gasteiger partial charge on any atom is 0.273 e. The van der Waals surface area contributed by atoms with Crippen LogP contribution in [0.2, 0.25) is 0 Å². The molecule has 0 saturated heterocycles. The second kappa shape index (κ2) is 8.91. The molecule has 2 heterocycles. The van der Waals surface area contributed by atoms with Gasteiger partial charge in [-0.05, 0) is 48.4 Å². The third-order valence-electron chi connectivity index (χ3n) is 6.57. The summed E-state index contributed by atoms with van der Waals surface area (Å²) in [6.45, 7) is 0.947. The molecule has 1 N–H and O–H groups in total. The predicted octanol–water partition coefficient (Wildman–Crippen LogP) is 4.33. The van der Waals surface area contributed by atoms with Gasteiger partial charge in [0.1, 0.15) is 11.4 Å². The number of aromatic hydroxyl groups is 1. The fourth-order valence-corrected chi connectivity index (χ4v) is 4.59. The molecule has 178 valence electrons. The molecular weight excluding hydrogens is 438 g/mol. The molecular formula is C28H29N5O2. The highest BCUT2D eigenvalue weighted by atomic mass is 16.3. The number of nitrogens with zero attached hydrogens (tertiary/aromatic N) is 5. The van der Waals surface area contributed by atoms with Crippen molar-refractivity contribution >= 4 is 28.2 Å². The van der Waals surface area contributed by atoms with Crippen molar-refractivity contribution in [1.29, 1.82) is 0 Å². The number of fused-ring (bicyclic) bond motifs is 2. The molecule has 0 unspecified atom stereocenters. The molecule has 0 aliphatic carbocycles. The molecule has 0 radical (unpaired) electrons. The number of carbonyl (C=O) groups excluding carboxylic acids is 1. The van der Waals surface area contributed by atoms with Crippen molar-refractivity contribution in [2.75, 3.05) is 44.5 Å². The van der Waals surface area contributed by atoms with Gasteiger partial charge in [-0.1, -0.05) is 24.3 Å². The third-order valence-corrected chi connectivity index (χ3v) is 6.57. The highest BCUT2D eigenvalue weighted by molar-refractivity contribution is 6.05. The first-order chi connectivity index (χ1) is 16.8. The Morgan fingerprint density at radius 1 is 0.914 bits per heavy atom. The molecule has 0 atom stereocenters. The van der Waals surface area contributed by atoms with Gasteiger partial charge in [-0.15, -0.1) is 0 Å². The van der Waals surface area contributed by atoms with Crippen LogP contribution in [0.25, 0.3) is 22.3 Å². The van der Waals surface area contributed by atoms with Crippen molar-refractivity contribution in [2.24, 2.45) is 0 Å². The molecule has 0 bridgehead atoms. The van der Waals surface area contributed by atoms with Crippen LogP contribution < -0.4 is 9.80 Å². The molecule has 3 aromatic carbocycles. The predicted molar refractivity (Wildman–Crippen MR) is 140 cm³/mol. The summed E-state index contributed by atoms with van der Waals surface area (Å²) in [7, 11) is 7.81. The Bertz CT molecular complexity index is 1410. The summed E-state index contributed by atoms with van der Waals surface area (Å²) in [5.41, 5.74) is 5.75. The molecule has 4 aromatic rings. The minimum Gasteiger partial charge on any atom is -0.505 e. The van der Waals surface area contributed by atoms with Crippen LogP contribution in [-0.4, -0.2) is 60.6 Å². The molecule has 35 heavy (non-hydrogen) atoms. The first-order valence-electron chi connectivity index (χ1n) is 11.7. The van der Waals surface area contributed by atoms with E-state index in [-0.39, 0.29) is 5.91 Å². The lowest BCUT2D eigenvalue weighted by Crippen LogP contribution is -2.36. The number of benzene rings is 3. The van der Waals surface area contributed by atoms with Crippen LogP contribution >= 0.6 is 0 Å². The molecule has 7 heteroatoms. The average Bonchev–Trinajstić information content (AvgIpc) is 2.87. The lowest BCUT2D eigenvalue weighted by atomic mass is 9.97. The van der Waals surface area contributed by atoms with E-state index in [1.807, 2.05) is 104 Å². The van der Waals surface area contributed by atoms with Crippen LogP contribution in [0.15, 0.2) is 60.7 Å². The van der Waals surface area contributed by atoms with Crippen molar-refractivity contribution in [2.45, 2.75) is 13.0 Å². The van der Waals surface area contributed by atoms with Crippen LogP contribution in [0.4, 0.5) is 11.4 Å². The third kappa shape index (κ3) is 4.14. The van der Waals surface area contributed by atoms with Gasteiger partial charge in [0.05, 0.1) is 11.2 Å². The van der Waals surface area contributed by atoms with Crippen molar-refractivity contribution < 1.29 is 9.90 Å². The Morgan fingerprint density at radius 3 is 2.37 bits per heavy atom. The van der Waals surface area contributed by atoms with E-state index in [1.54, 1.807) is 0 Å². The number of anilines is 2. The lowest BCUT2D eigenvalue weighted by Gasteiger charge is -2.30. The van der Waals surface area contributed by atoms with Gasteiger partial charge in [0.25, 0.3) is 5.91 Å². The summed E-state index contributed by atoms with van der Waals surface area (Å²) in [5.74, 6) is 0.704. The number of phenolic OH excluding ortho intramolecular Hbond substituents is 1. The average molecular weight is 468 g/mol. The van der Waals surface area contributed by atoms with Crippen molar-refractivity contribution in [3.63, 3.8) is 0 Å². The van der Waals surface area contributed by atoms with Crippen LogP contribution in [0, 0.1) is 0 Å². The normalized spacial score (nSPS) is 13.0. The lowest BCUT2D eigenvalue weighted by molar-refractivity contribution is 0.0730. The molecule has 7 nitrogen and oxygen atoms in total. The highest BCUT2D eigenvalue weighted by Crippen LogP contribution is 2.36. The Balaban J connectivity index is 1.52. The van der Waals surface area contributed by atoms with Crippen LogP contribution in [0.1, 0.15) is 21.6 Å². The minimum absolute atomic E-state index is 0.128. The summed E-state index contributed by atoms with van der Waals surface area (Å²) in [6, 6.07) is 19.5. The number of carbonyl (C=O) groups is 1. The summed E-state index contributed by atoms with van der Waals surface area (Å²) < 4.78 is 0. The molecule has 1 aliphatic heterocycles. The molecule has 0 fully saturated rings. The van der Waals surface area contributed by atoms with Crippen LogP contribution in [0.5, 0.6) is 5.75 Å². The molecule has 1 aliphatic rings. The van der Waals surface area contributed by atoms with Gasteiger partial charge in [0.15, 0.2) is 5.82 Å². The zero-order chi connectivity index (χ0) is 24.7. The van der Waals surface area contributed by atoms with E-state index in [0.717, 1.165) is 39.0 Å². The second-order valence-corrected chi connectivity index (χ2v) is 9.30. The van der Waals surface area contributed by atoms with E-state index in [9.17, 15) is 9.90 Å². The SMILES string of the molecule is CN(C)c1ccc(-c2nc(C(=O)N3CCc4c(ccc(N(C)C)c4O)C3)c3ccccc3n2)cc1. The first kappa shape index (κ1) is 22.7. The van der Waals surface area contributed by atoms with E-state index in [1.165, 1.54) is 0 Å². The highest BCUT2D eigenvalue weighted by Gasteiger charge is 2.27. The Hall–Kier alpha value is -4.13. The van der Waals surface area contributed by atoms with Gasteiger partial charge < -0.3 is 19.8 Å². The molecule has 1 amide bonds. The quantitative estimate of drug-likeness (QED) is 0.482. The summed E-state index contributed by atoms with van der Waals surface area (Å²) in [5, 5.41) is 11.5. The fourth-order valence-electron chi connectivity index (χ4n) is 4.59. The number of phenols is 1. The fraction of sp³-hybridized carbons (Fsp3) is 0.250. The molecule has 5 rings (SSSR count). The number of hydrogen-bond donors (Lipinski definition) is 1. The summed E-state index contributed by atoms with van der Waals surface area (Å²) in [6.07, 6.45) is 0.594. The topological polar surface area (TPSA) is 72.8 Å². The number of amides is 1. The first-order valence-corrected chi connectivity index (χ1v) is 11.7. The molecule has 0 saturated carbocycles. The maximum atomic E-state index is 13.8. The Morgan fingerprint density at radius 2 is 1.66 bits per heavy atom. The van der Waals surface area contributed by atoms with E-state index in [2.05, 4.69) is 0 Å². The van der Waals surface area contributed by atoms with E-state index in [0.29, 0.717) is 36.8 Å². The van der Waals surface area contributed by atoms with Crippen molar-refractivity contribution in [3.05, 3.63) is 77.5 Å². The van der Waals surface area contributed by atoms with Crippen LogP contribution in [0.3, 0.4) is 0 Å². The van der Waals surface area contributed by atoms with Crippen LogP contribution in [-0.2, 0) is 13.0 Å². The van der Waals surface area contributed by atoms with Gasteiger partial charge in [-0.2, -0.15) is 0 Å². The molecule has 1 aromatic heterocycles. The van der Waals surface area contributed by atoms with Gasteiger partial charge >= 0.3 is 0 Å². The Kier molecular flexibility index (Phi) is 5.76. The van der Waals surface area contributed by atoms with Crippen molar-refractivity contribution in [3.8, 4) is 17.1 Å². The molecule has 0 spiro atoms. The zero-order valence-electron chi connectivity index (χ0n) is 20.5. The minimum atomic E-state index is -0.128. The number of hydrogen-bond acceptors (Lipinski definition) is 6. The Labute approximate surface area is 205 Å².